The van der Waals surface area contributed by atoms with Gasteiger partial charge in [0.05, 0.1) is 16.8 Å². The predicted molar refractivity (Wildman–Crippen MR) is 163 cm³/mol. The van der Waals surface area contributed by atoms with E-state index in [4.69, 9.17) is 9.47 Å². The molecule has 0 radical (unpaired) electrons. The maximum Gasteiger partial charge on any atom is 0.260 e. The molecule has 0 aliphatic carbocycles. The summed E-state index contributed by atoms with van der Waals surface area (Å²) in [7, 11) is 0. The highest BCUT2D eigenvalue weighted by Crippen LogP contribution is 2.42. The number of nitrogens with zero attached hydrogens (tertiary/aromatic N) is 3. The number of rotatable bonds is 5. The van der Waals surface area contributed by atoms with Crippen molar-refractivity contribution >= 4 is 17.5 Å². The normalized spacial score (nSPS) is 16.9. The molecule has 0 spiro atoms. The maximum atomic E-state index is 14.4. The van der Waals surface area contributed by atoms with Crippen molar-refractivity contribution in [2.75, 3.05) is 24.8 Å². The van der Waals surface area contributed by atoms with E-state index in [9.17, 15) is 14.7 Å². The van der Waals surface area contributed by atoms with Crippen LogP contribution in [0.2, 0.25) is 0 Å². The van der Waals surface area contributed by atoms with Crippen LogP contribution in [0.15, 0.2) is 66.7 Å². The van der Waals surface area contributed by atoms with Crippen LogP contribution >= 0.6 is 0 Å². The van der Waals surface area contributed by atoms with Crippen LogP contribution in [0.4, 0.5) is 5.69 Å². The Kier molecular flexibility index (Phi) is 6.82. The van der Waals surface area contributed by atoms with Crippen LogP contribution in [-0.4, -0.2) is 52.3 Å². The molecule has 4 heterocycles. The van der Waals surface area contributed by atoms with Crippen LogP contribution in [0.3, 0.4) is 0 Å². The number of nitrogens with one attached hydrogen (secondary N) is 1. The fraction of sp³-hybridized carbons (Fsp3) is 0.294. The molecular weight excluding hydrogens is 544 g/mol. The zero-order valence-corrected chi connectivity index (χ0v) is 24.3. The summed E-state index contributed by atoms with van der Waals surface area (Å²) < 4.78 is 13.6. The minimum absolute atomic E-state index is 0.0201. The molecule has 3 aromatic carbocycles. The number of hydrogen-bond acceptors (Lipinski definition) is 6. The van der Waals surface area contributed by atoms with Crippen LogP contribution < -0.4 is 19.7 Å². The zero-order chi connectivity index (χ0) is 29.7. The summed E-state index contributed by atoms with van der Waals surface area (Å²) in [6, 6.07) is 20.5. The van der Waals surface area contributed by atoms with Crippen molar-refractivity contribution in [1.29, 1.82) is 0 Å². The standard InChI is InChI=1S/C34H34N4O5/c1-3-36(24-8-10-25(39)11-9-24)34(41)28-15-29(37-13-12-35-18-30(28)37)26-16-31-32(43-20-42-31)17-27(26)33(40)38-19-23-7-5-4-6-22(23)14-21(38)2/h4-11,15-17,21,35,39H,3,12-14,18-20H2,1-2H3/t21-/m0/s1. The van der Waals surface area contributed by atoms with Gasteiger partial charge in [0.1, 0.15) is 5.75 Å². The molecule has 0 saturated heterocycles. The summed E-state index contributed by atoms with van der Waals surface area (Å²) in [6.07, 6.45) is 0.788. The van der Waals surface area contributed by atoms with Crippen LogP contribution in [0.1, 0.15) is 51.4 Å². The van der Waals surface area contributed by atoms with Crippen molar-refractivity contribution in [3.63, 3.8) is 0 Å². The number of ether oxygens (including phenoxy) is 2. The van der Waals surface area contributed by atoms with E-state index in [2.05, 4.69) is 28.9 Å². The van der Waals surface area contributed by atoms with Crippen LogP contribution in [-0.2, 0) is 26.1 Å². The van der Waals surface area contributed by atoms with Crippen molar-refractivity contribution in [3.05, 3.63) is 94.7 Å². The van der Waals surface area contributed by atoms with Gasteiger partial charge < -0.3 is 34.3 Å². The monoisotopic (exact) mass is 578 g/mol. The lowest BCUT2D eigenvalue weighted by Crippen LogP contribution is -2.42. The number of fused-ring (bicyclic) bond motifs is 3. The number of phenols is 1. The molecule has 4 aromatic rings. The number of benzene rings is 3. The highest BCUT2D eigenvalue weighted by atomic mass is 16.7. The van der Waals surface area contributed by atoms with Gasteiger partial charge in [-0.1, -0.05) is 24.3 Å². The van der Waals surface area contributed by atoms with Gasteiger partial charge in [-0.15, -0.1) is 0 Å². The molecule has 1 atom stereocenters. The molecule has 0 saturated carbocycles. The summed E-state index contributed by atoms with van der Waals surface area (Å²) in [6.45, 7) is 7.02. The first-order chi connectivity index (χ1) is 20.9. The first kappa shape index (κ1) is 27.1. The maximum absolute atomic E-state index is 14.4. The van der Waals surface area contributed by atoms with E-state index in [-0.39, 0.29) is 30.4 Å². The molecule has 3 aliphatic rings. The van der Waals surface area contributed by atoms with Crippen molar-refractivity contribution in [2.24, 2.45) is 0 Å². The van der Waals surface area contributed by atoms with E-state index in [0.29, 0.717) is 54.5 Å². The van der Waals surface area contributed by atoms with Gasteiger partial charge in [0.25, 0.3) is 11.8 Å². The van der Waals surface area contributed by atoms with Gasteiger partial charge in [-0.05, 0) is 73.9 Å². The van der Waals surface area contributed by atoms with Gasteiger partial charge >= 0.3 is 0 Å². The largest absolute Gasteiger partial charge is 0.508 e. The molecule has 9 nitrogen and oxygen atoms in total. The highest BCUT2D eigenvalue weighted by molar-refractivity contribution is 6.09. The molecule has 2 N–H and O–H groups in total. The third kappa shape index (κ3) is 4.70. The lowest BCUT2D eigenvalue weighted by molar-refractivity contribution is 0.0658. The molecule has 220 valence electrons. The SMILES string of the molecule is CCN(C(=O)c1cc(-c2cc3c(cc2C(=O)N2Cc4ccccc4C[C@@H]2C)OCO3)n2c1CNCC2)c1ccc(O)cc1. The minimum atomic E-state index is -0.137. The second-order valence-electron chi connectivity index (χ2n) is 11.3. The third-order valence-electron chi connectivity index (χ3n) is 8.75. The fourth-order valence-electron chi connectivity index (χ4n) is 6.50. The predicted octanol–water partition coefficient (Wildman–Crippen LogP) is 4.95. The quantitative estimate of drug-likeness (QED) is 0.348. The number of hydrogen-bond donors (Lipinski definition) is 2. The smallest absolute Gasteiger partial charge is 0.260 e. The van der Waals surface area contributed by atoms with Crippen molar-refractivity contribution in [1.82, 2.24) is 14.8 Å². The number of amides is 2. The van der Waals surface area contributed by atoms with E-state index in [1.54, 1.807) is 35.2 Å². The topological polar surface area (TPSA) is 96.3 Å². The Labute approximate surface area is 250 Å². The lowest BCUT2D eigenvalue weighted by atomic mass is 9.93. The lowest BCUT2D eigenvalue weighted by Gasteiger charge is -2.35. The molecule has 0 bridgehead atoms. The molecule has 0 unspecified atom stereocenters. The number of aromatic nitrogens is 1. The van der Waals surface area contributed by atoms with Crippen LogP contribution in [0, 0.1) is 0 Å². The molecular formula is C34H34N4O5. The van der Waals surface area contributed by atoms with Gasteiger partial charge in [0.2, 0.25) is 6.79 Å². The molecule has 3 aliphatic heterocycles. The number of anilines is 1. The first-order valence-electron chi connectivity index (χ1n) is 14.8. The Morgan fingerprint density at radius 3 is 2.51 bits per heavy atom. The van der Waals surface area contributed by atoms with Gasteiger partial charge in [-0.25, -0.2) is 0 Å². The van der Waals surface area contributed by atoms with E-state index in [0.717, 1.165) is 35.5 Å². The molecule has 9 heteroatoms. The Morgan fingerprint density at radius 2 is 1.74 bits per heavy atom. The van der Waals surface area contributed by atoms with Crippen molar-refractivity contribution in [2.45, 2.75) is 45.9 Å². The van der Waals surface area contributed by atoms with Gasteiger partial charge in [0.15, 0.2) is 11.5 Å². The Hall–Kier alpha value is -4.76. The third-order valence-corrected chi connectivity index (χ3v) is 8.75. The molecule has 43 heavy (non-hydrogen) atoms. The van der Waals surface area contributed by atoms with Crippen LogP contribution in [0.5, 0.6) is 17.2 Å². The summed E-state index contributed by atoms with van der Waals surface area (Å²) >= 11 is 0. The zero-order valence-electron chi connectivity index (χ0n) is 24.3. The van der Waals surface area contributed by atoms with Gasteiger partial charge in [0, 0.05) is 55.7 Å². The van der Waals surface area contributed by atoms with Gasteiger partial charge in [-0.3, -0.25) is 9.59 Å². The number of phenolic OH excluding ortho intramolecular Hbond substituents is 1. The average molecular weight is 579 g/mol. The molecule has 2 amide bonds. The highest BCUT2D eigenvalue weighted by Gasteiger charge is 2.33. The number of carbonyl (C=O) groups is 2. The Bertz CT molecular complexity index is 1730. The van der Waals surface area contributed by atoms with E-state index < -0.39 is 0 Å². The van der Waals surface area contributed by atoms with Crippen LogP contribution in [0.25, 0.3) is 11.3 Å². The minimum Gasteiger partial charge on any atom is -0.508 e. The van der Waals surface area contributed by atoms with Crippen molar-refractivity contribution < 1.29 is 24.2 Å². The van der Waals surface area contributed by atoms with Crippen molar-refractivity contribution in [3.8, 4) is 28.5 Å². The first-order valence-corrected chi connectivity index (χ1v) is 14.8. The van der Waals surface area contributed by atoms with E-state index in [1.165, 1.54) is 5.56 Å². The summed E-state index contributed by atoms with van der Waals surface area (Å²) in [5, 5.41) is 13.2. The molecule has 0 fully saturated rings. The second kappa shape index (κ2) is 10.8. The molecule has 1 aromatic heterocycles. The van der Waals surface area contributed by atoms with E-state index >= 15 is 0 Å². The van der Waals surface area contributed by atoms with Gasteiger partial charge in [-0.2, -0.15) is 0 Å². The fourth-order valence-corrected chi connectivity index (χ4v) is 6.50. The number of carbonyl (C=O) groups excluding carboxylic acids is 2. The summed E-state index contributed by atoms with van der Waals surface area (Å²) in [5.74, 6) is 1.06. The number of aromatic hydroxyl groups is 1. The molecule has 7 rings (SSSR count). The van der Waals surface area contributed by atoms with E-state index in [1.807, 2.05) is 36.1 Å². The summed E-state index contributed by atoms with van der Waals surface area (Å²) in [4.78, 5) is 32.1. The second-order valence-corrected chi connectivity index (χ2v) is 11.3. The Balaban J connectivity index is 1.33. The Morgan fingerprint density at radius 1 is 1.00 bits per heavy atom. The summed E-state index contributed by atoms with van der Waals surface area (Å²) in [5.41, 5.74) is 6.63. The average Bonchev–Trinajstić information content (AvgIpc) is 3.65.